The standard InChI is InChI=1S/C24H45NO11/c1-3-5-6-21(4-2)24(29)36-18-17-34-16-15-33-14-13-32-12-11-31-10-9-30-8-7-25-22(26)19-35-20-23(27)28/h21H,3-20H2,1-2H3,(H,25,26)(H,27,28). The van der Waals surface area contributed by atoms with Gasteiger partial charge in [0.25, 0.3) is 0 Å². The lowest BCUT2D eigenvalue weighted by Gasteiger charge is -2.13. The first-order valence-corrected chi connectivity index (χ1v) is 12.6. The molecule has 1 amide bonds. The van der Waals surface area contributed by atoms with E-state index in [-0.39, 0.29) is 25.1 Å². The summed E-state index contributed by atoms with van der Waals surface area (Å²) in [4.78, 5) is 33.5. The predicted octanol–water partition coefficient (Wildman–Crippen LogP) is 1.05. The Labute approximate surface area is 214 Å². The molecule has 0 radical (unpaired) electrons. The SMILES string of the molecule is CCCCC(CC)C(=O)OCCOCCOCCOCCOCCOCCNC(=O)COCC(=O)O. The van der Waals surface area contributed by atoms with E-state index in [4.69, 9.17) is 33.5 Å². The average molecular weight is 524 g/mol. The van der Waals surface area contributed by atoms with Gasteiger partial charge in [-0.2, -0.15) is 0 Å². The number of carbonyl (C=O) groups excluding carboxylic acids is 2. The summed E-state index contributed by atoms with van der Waals surface area (Å²) in [5, 5.41) is 10.9. The van der Waals surface area contributed by atoms with Crippen molar-refractivity contribution in [3.05, 3.63) is 0 Å². The number of carboxylic acid groups (broad SMARTS) is 1. The lowest BCUT2D eigenvalue weighted by atomic mass is 10.00. The summed E-state index contributed by atoms with van der Waals surface area (Å²) in [5.74, 6) is -1.67. The maximum atomic E-state index is 12.0. The number of nitrogens with one attached hydrogen (secondary N) is 1. The Morgan fingerprint density at radius 2 is 1.19 bits per heavy atom. The molecule has 0 fully saturated rings. The van der Waals surface area contributed by atoms with Gasteiger partial charge in [0.05, 0.1) is 72.0 Å². The first-order chi connectivity index (χ1) is 17.5. The van der Waals surface area contributed by atoms with E-state index in [9.17, 15) is 14.4 Å². The number of ether oxygens (including phenoxy) is 7. The molecule has 0 aromatic rings. The van der Waals surface area contributed by atoms with E-state index in [0.717, 1.165) is 25.7 Å². The molecule has 0 saturated heterocycles. The zero-order valence-electron chi connectivity index (χ0n) is 21.8. The fourth-order valence-corrected chi connectivity index (χ4v) is 2.78. The predicted molar refractivity (Wildman–Crippen MR) is 130 cm³/mol. The van der Waals surface area contributed by atoms with Gasteiger partial charge >= 0.3 is 11.9 Å². The Morgan fingerprint density at radius 1 is 0.694 bits per heavy atom. The molecular weight excluding hydrogens is 478 g/mol. The van der Waals surface area contributed by atoms with Crippen LogP contribution in [0.3, 0.4) is 0 Å². The summed E-state index contributed by atoms with van der Waals surface area (Å²) >= 11 is 0. The van der Waals surface area contributed by atoms with Gasteiger partial charge in [-0.05, 0) is 12.8 Å². The molecule has 0 aromatic carbocycles. The molecular formula is C24H45NO11. The molecule has 0 spiro atoms. The van der Waals surface area contributed by atoms with Gasteiger partial charge in [0.1, 0.15) is 19.8 Å². The minimum Gasteiger partial charge on any atom is -0.480 e. The van der Waals surface area contributed by atoms with Gasteiger partial charge in [-0.15, -0.1) is 0 Å². The summed E-state index contributed by atoms with van der Waals surface area (Å²) in [5.41, 5.74) is 0. The molecule has 0 saturated carbocycles. The van der Waals surface area contributed by atoms with Gasteiger partial charge in [0, 0.05) is 6.54 Å². The van der Waals surface area contributed by atoms with Crippen molar-refractivity contribution in [2.24, 2.45) is 5.92 Å². The molecule has 0 aliphatic carbocycles. The lowest BCUT2D eigenvalue weighted by molar-refractivity contribution is -0.150. The summed E-state index contributed by atoms with van der Waals surface area (Å²) in [7, 11) is 0. The van der Waals surface area contributed by atoms with Crippen molar-refractivity contribution >= 4 is 17.8 Å². The third kappa shape index (κ3) is 23.9. The smallest absolute Gasteiger partial charge is 0.329 e. The second-order valence-electron chi connectivity index (χ2n) is 7.71. The molecule has 212 valence electrons. The van der Waals surface area contributed by atoms with Crippen LogP contribution in [-0.2, 0) is 47.5 Å². The molecule has 1 unspecified atom stereocenters. The maximum absolute atomic E-state index is 12.0. The highest BCUT2D eigenvalue weighted by molar-refractivity contribution is 5.77. The van der Waals surface area contributed by atoms with Crippen molar-refractivity contribution in [3.63, 3.8) is 0 Å². The number of aliphatic carboxylic acids is 1. The highest BCUT2D eigenvalue weighted by Gasteiger charge is 2.16. The van der Waals surface area contributed by atoms with E-state index in [1.54, 1.807) is 0 Å². The van der Waals surface area contributed by atoms with Gasteiger partial charge in [-0.25, -0.2) is 4.79 Å². The van der Waals surface area contributed by atoms with Gasteiger partial charge in [-0.1, -0.05) is 26.7 Å². The summed E-state index contributed by atoms with van der Waals surface area (Å²) in [6, 6.07) is 0. The van der Waals surface area contributed by atoms with Crippen LogP contribution in [-0.4, -0.2) is 115 Å². The largest absolute Gasteiger partial charge is 0.480 e. The van der Waals surface area contributed by atoms with Crippen molar-refractivity contribution in [3.8, 4) is 0 Å². The first-order valence-electron chi connectivity index (χ1n) is 12.6. The number of carbonyl (C=O) groups is 3. The van der Waals surface area contributed by atoms with E-state index in [1.807, 2.05) is 6.92 Å². The topological polar surface area (TPSA) is 148 Å². The van der Waals surface area contributed by atoms with Crippen LogP contribution in [0.2, 0.25) is 0 Å². The first kappa shape index (κ1) is 34.2. The molecule has 12 nitrogen and oxygen atoms in total. The molecule has 0 bridgehead atoms. The second kappa shape index (κ2) is 26.2. The van der Waals surface area contributed by atoms with Crippen LogP contribution < -0.4 is 5.32 Å². The second-order valence-corrected chi connectivity index (χ2v) is 7.71. The normalized spacial score (nSPS) is 11.8. The van der Waals surface area contributed by atoms with Crippen LogP contribution in [0.1, 0.15) is 39.5 Å². The highest BCUT2D eigenvalue weighted by atomic mass is 16.6. The number of carboxylic acids is 1. The zero-order chi connectivity index (χ0) is 26.7. The number of esters is 1. The van der Waals surface area contributed by atoms with Crippen molar-refractivity contribution in [2.45, 2.75) is 39.5 Å². The Morgan fingerprint density at radius 3 is 1.67 bits per heavy atom. The monoisotopic (exact) mass is 523 g/mol. The van der Waals surface area contributed by atoms with E-state index < -0.39 is 18.5 Å². The molecule has 36 heavy (non-hydrogen) atoms. The zero-order valence-corrected chi connectivity index (χ0v) is 21.8. The van der Waals surface area contributed by atoms with E-state index in [1.165, 1.54) is 0 Å². The van der Waals surface area contributed by atoms with E-state index in [2.05, 4.69) is 17.0 Å². The Balaban J connectivity index is 3.26. The summed E-state index contributed by atoms with van der Waals surface area (Å²) in [6.45, 7) is 7.96. The summed E-state index contributed by atoms with van der Waals surface area (Å²) in [6.07, 6.45) is 3.79. The lowest BCUT2D eigenvalue weighted by Crippen LogP contribution is -2.31. The van der Waals surface area contributed by atoms with Gasteiger partial charge in [0.2, 0.25) is 5.91 Å². The van der Waals surface area contributed by atoms with Crippen LogP contribution in [0, 0.1) is 5.92 Å². The minimum absolute atomic E-state index is 0.0148. The van der Waals surface area contributed by atoms with Crippen molar-refractivity contribution in [2.75, 3.05) is 92.4 Å². The fourth-order valence-electron chi connectivity index (χ4n) is 2.78. The molecule has 12 heteroatoms. The summed E-state index contributed by atoms with van der Waals surface area (Å²) < 4.78 is 36.8. The molecule has 2 N–H and O–H groups in total. The molecule has 0 aliphatic rings. The molecule has 0 aromatic heterocycles. The van der Waals surface area contributed by atoms with Gasteiger partial charge < -0.3 is 43.6 Å². The Bertz CT molecular complexity index is 548. The highest BCUT2D eigenvalue weighted by Crippen LogP contribution is 2.14. The van der Waals surface area contributed by atoms with Gasteiger partial charge in [-0.3, -0.25) is 9.59 Å². The Kier molecular flexibility index (Phi) is 24.9. The van der Waals surface area contributed by atoms with Crippen molar-refractivity contribution in [1.29, 1.82) is 0 Å². The number of unbranched alkanes of at least 4 members (excludes halogenated alkanes) is 1. The Hall–Kier alpha value is -1.83. The number of hydrogen-bond acceptors (Lipinski definition) is 10. The number of rotatable bonds is 27. The third-order valence-electron chi connectivity index (χ3n) is 4.72. The van der Waals surface area contributed by atoms with Crippen LogP contribution in [0.25, 0.3) is 0 Å². The maximum Gasteiger partial charge on any atom is 0.329 e. The molecule has 0 aliphatic heterocycles. The minimum atomic E-state index is -1.12. The molecule has 0 rings (SSSR count). The fraction of sp³-hybridized carbons (Fsp3) is 0.875. The number of hydrogen-bond donors (Lipinski definition) is 2. The average Bonchev–Trinajstić information content (AvgIpc) is 2.85. The molecule has 1 atom stereocenters. The van der Waals surface area contributed by atoms with Crippen LogP contribution in [0.15, 0.2) is 0 Å². The van der Waals surface area contributed by atoms with Crippen molar-refractivity contribution < 1.29 is 52.6 Å². The van der Waals surface area contributed by atoms with E-state index >= 15 is 0 Å². The van der Waals surface area contributed by atoms with Crippen LogP contribution in [0.5, 0.6) is 0 Å². The van der Waals surface area contributed by atoms with Crippen molar-refractivity contribution in [1.82, 2.24) is 5.32 Å². The number of amides is 1. The van der Waals surface area contributed by atoms with Crippen LogP contribution >= 0.6 is 0 Å². The quantitative estimate of drug-likeness (QED) is 0.118. The molecule has 0 heterocycles. The third-order valence-corrected chi connectivity index (χ3v) is 4.72. The van der Waals surface area contributed by atoms with Crippen LogP contribution in [0.4, 0.5) is 0 Å². The van der Waals surface area contributed by atoms with E-state index in [0.29, 0.717) is 72.6 Å². The van der Waals surface area contributed by atoms with Gasteiger partial charge in [0.15, 0.2) is 0 Å².